The molecule has 1 heterocycles. The van der Waals surface area contributed by atoms with Crippen LogP contribution in [0.1, 0.15) is 0 Å². The van der Waals surface area contributed by atoms with Crippen molar-refractivity contribution in [2.24, 2.45) is 0 Å². The van der Waals surface area contributed by atoms with Crippen molar-refractivity contribution in [2.45, 2.75) is 0 Å². The molecule has 0 saturated carbocycles. The van der Waals surface area contributed by atoms with Crippen LogP contribution in [0.5, 0.6) is 0 Å². The molecule has 0 fully saturated rings. The number of nitriles is 1. The van der Waals surface area contributed by atoms with Crippen LogP contribution in [0.3, 0.4) is 0 Å². The van der Waals surface area contributed by atoms with Gasteiger partial charge in [-0.3, -0.25) is 0 Å². The van der Waals surface area contributed by atoms with E-state index >= 15 is 0 Å². The van der Waals surface area contributed by atoms with Gasteiger partial charge in [0.2, 0.25) is 0 Å². The second kappa shape index (κ2) is 5.73. The van der Waals surface area contributed by atoms with E-state index in [0.717, 1.165) is 0 Å². The Labute approximate surface area is 97.3 Å². The molecule has 0 aliphatic rings. The summed E-state index contributed by atoms with van der Waals surface area (Å²) in [5, 5.41) is 11.7. The van der Waals surface area contributed by atoms with Crippen molar-refractivity contribution < 1.29 is 9.53 Å². The summed E-state index contributed by atoms with van der Waals surface area (Å²) < 4.78 is 4.40. The van der Waals surface area contributed by atoms with Gasteiger partial charge in [0.1, 0.15) is 11.2 Å². The molecule has 1 N–H and O–H groups in total. The third-order valence-corrected chi connectivity index (χ3v) is 1.86. The van der Waals surface area contributed by atoms with Crippen LogP contribution in [-0.2, 0) is 9.53 Å². The molecule has 0 unspecified atom stereocenters. The number of esters is 1. The second-order valence-corrected chi connectivity index (χ2v) is 3.06. The molecule has 1 aromatic heterocycles. The number of rotatable bonds is 3. The fraction of sp³-hybridized carbons (Fsp3) is 0.100. The van der Waals surface area contributed by atoms with Gasteiger partial charge in [0.05, 0.1) is 19.0 Å². The van der Waals surface area contributed by atoms with Crippen molar-refractivity contribution in [3.8, 4) is 6.07 Å². The predicted octanol–water partition coefficient (Wildman–Crippen LogP) is 1.73. The van der Waals surface area contributed by atoms with Crippen molar-refractivity contribution in [3.05, 3.63) is 35.3 Å². The van der Waals surface area contributed by atoms with Gasteiger partial charge < -0.3 is 10.1 Å². The SMILES string of the molecule is COC(=O)/C(C#N)=C\Nc1ccc(Cl)nc1. The van der Waals surface area contributed by atoms with E-state index in [1.807, 2.05) is 0 Å². The molecule has 0 radical (unpaired) electrons. The molecular formula is C10H8ClN3O2. The summed E-state index contributed by atoms with van der Waals surface area (Å²) in [6, 6.07) is 4.96. The maximum atomic E-state index is 11.0. The van der Waals surface area contributed by atoms with Gasteiger partial charge in [-0.15, -0.1) is 0 Å². The summed E-state index contributed by atoms with van der Waals surface area (Å²) in [5.41, 5.74) is 0.485. The Morgan fingerprint density at radius 3 is 2.94 bits per heavy atom. The van der Waals surface area contributed by atoms with Gasteiger partial charge >= 0.3 is 5.97 Å². The average molecular weight is 238 g/mol. The zero-order chi connectivity index (χ0) is 12.0. The number of nitrogens with one attached hydrogen (secondary N) is 1. The largest absolute Gasteiger partial charge is 0.465 e. The summed E-state index contributed by atoms with van der Waals surface area (Å²) >= 11 is 5.59. The Bertz CT molecular complexity index is 448. The van der Waals surface area contributed by atoms with Crippen LogP contribution in [0.2, 0.25) is 5.15 Å². The maximum absolute atomic E-state index is 11.0. The first kappa shape index (κ1) is 12.0. The molecule has 6 heteroatoms. The third-order valence-electron chi connectivity index (χ3n) is 1.64. The summed E-state index contributed by atoms with van der Waals surface area (Å²) in [7, 11) is 1.21. The van der Waals surface area contributed by atoms with E-state index < -0.39 is 5.97 Å². The predicted molar refractivity (Wildman–Crippen MR) is 58.6 cm³/mol. The Morgan fingerprint density at radius 1 is 1.69 bits per heavy atom. The molecule has 16 heavy (non-hydrogen) atoms. The molecule has 1 rings (SSSR count). The highest BCUT2D eigenvalue weighted by atomic mass is 35.5. The zero-order valence-corrected chi connectivity index (χ0v) is 9.15. The van der Waals surface area contributed by atoms with Gasteiger partial charge in [-0.1, -0.05) is 11.6 Å². The van der Waals surface area contributed by atoms with Crippen LogP contribution >= 0.6 is 11.6 Å². The molecule has 1 aromatic rings. The number of ether oxygens (including phenoxy) is 1. The summed E-state index contributed by atoms with van der Waals surface area (Å²) in [6.07, 6.45) is 2.72. The lowest BCUT2D eigenvalue weighted by atomic mass is 10.3. The quantitative estimate of drug-likeness (QED) is 0.375. The van der Waals surface area contributed by atoms with Crippen molar-refractivity contribution in [1.29, 1.82) is 5.26 Å². The fourth-order valence-corrected chi connectivity index (χ4v) is 0.975. The molecular weight excluding hydrogens is 230 g/mol. The first-order chi connectivity index (χ1) is 7.67. The number of hydrogen-bond acceptors (Lipinski definition) is 5. The number of methoxy groups -OCH3 is 1. The minimum atomic E-state index is -0.697. The van der Waals surface area contributed by atoms with Gasteiger partial charge in [-0.05, 0) is 12.1 Å². The number of aromatic nitrogens is 1. The van der Waals surface area contributed by atoms with Crippen LogP contribution in [0.4, 0.5) is 5.69 Å². The highest BCUT2D eigenvalue weighted by Crippen LogP contribution is 2.10. The summed E-state index contributed by atoms with van der Waals surface area (Å²) in [4.78, 5) is 14.9. The Morgan fingerprint density at radius 2 is 2.44 bits per heavy atom. The summed E-state index contributed by atoms with van der Waals surface area (Å²) in [5.74, 6) is -0.697. The number of halogens is 1. The van der Waals surface area contributed by atoms with E-state index in [9.17, 15) is 4.79 Å². The number of carbonyl (C=O) groups is 1. The number of nitrogens with zero attached hydrogens (tertiary/aromatic N) is 2. The van der Waals surface area contributed by atoms with Gasteiger partial charge in [-0.25, -0.2) is 9.78 Å². The standard InChI is InChI=1S/C10H8ClN3O2/c1-16-10(15)7(4-12)5-13-8-2-3-9(11)14-6-8/h2-3,5-6,13H,1H3/b7-5-. The van der Waals surface area contributed by atoms with Crippen molar-refractivity contribution in [3.63, 3.8) is 0 Å². The van der Waals surface area contributed by atoms with Crippen LogP contribution in [0, 0.1) is 11.3 Å². The zero-order valence-electron chi connectivity index (χ0n) is 8.40. The van der Waals surface area contributed by atoms with E-state index in [1.54, 1.807) is 18.2 Å². The van der Waals surface area contributed by atoms with Gasteiger partial charge in [-0.2, -0.15) is 5.26 Å². The van der Waals surface area contributed by atoms with Crippen molar-refractivity contribution >= 4 is 23.3 Å². The lowest BCUT2D eigenvalue weighted by Crippen LogP contribution is -2.05. The molecule has 0 saturated heterocycles. The lowest BCUT2D eigenvalue weighted by molar-refractivity contribution is -0.135. The van der Waals surface area contributed by atoms with E-state index in [0.29, 0.717) is 10.8 Å². The van der Waals surface area contributed by atoms with Crippen LogP contribution in [0.25, 0.3) is 0 Å². The Balaban J connectivity index is 2.75. The van der Waals surface area contributed by atoms with Crippen LogP contribution in [0.15, 0.2) is 30.1 Å². The van der Waals surface area contributed by atoms with E-state index in [2.05, 4.69) is 15.0 Å². The molecule has 0 aromatic carbocycles. The number of pyridine rings is 1. The lowest BCUT2D eigenvalue weighted by Gasteiger charge is -2.00. The van der Waals surface area contributed by atoms with Crippen LogP contribution < -0.4 is 5.32 Å². The molecule has 0 aliphatic carbocycles. The second-order valence-electron chi connectivity index (χ2n) is 2.68. The van der Waals surface area contributed by atoms with E-state index in [1.165, 1.54) is 19.5 Å². The molecule has 0 aliphatic heterocycles. The minimum Gasteiger partial charge on any atom is -0.465 e. The maximum Gasteiger partial charge on any atom is 0.350 e. The number of carbonyl (C=O) groups excluding carboxylic acids is 1. The smallest absolute Gasteiger partial charge is 0.350 e. The van der Waals surface area contributed by atoms with E-state index in [-0.39, 0.29) is 5.57 Å². The first-order valence-electron chi connectivity index (χ1n) is 4.24. The fourth-order valence-electron chi connectivity index (χ4n) is 0.864. The van der Waals surface area contributed by atoms with Crippen molar-refractivity contribution in [2.75, 3.05) is 12.4 Å². The van der Waals surface area contributed by atoms with Crippen molar-refractivity contribution in [1.82, 2.24) is 4.98 Å². The normalized spacial score (nSPS) is 10.4. The number of hydrogen-bond donors (Lipinski definition) is 1. The van der Waals surface area contributed by atoms with Crippen LogP contribution in [-0.4, -0.2) is 18.1 Å². The molecule has 0 atom stereocenters. The molecule has 0 bridgehead atoms. The summed E-state index contributed by atoms with van der Waals surface area (Å²) in [6.45, 7) is 0. The Kier molecular flexibility index (Phi) is 4.30. The third kappa shape index (κ3) is 3.26. The van der Waals surface area contributed by atoms with Gasteiger partial charge in [0.25, 0.3) is 0 Å². The monoisotopic (exact) mass is 237 g/mol. The first-order valence-corrected chi connectivity index (χ1v) is 4.62. The van der Waals surface area contributed by atoms with Gasteiger partial charge in [0.15, 0.2) is 5.57 Å². The topological polar surface area (TPSA) is 75.0 Å². The Hall–Kier alpha value is -2.06. The number of anilines is 1. The molecule has 0 spiro atoms. The van der Waals surface area contributed by atoms with Gasteiger partial charge in [0, 0.05) is 6.20 Å². The molecule has 5 nitrogen and oxygen atoms in total. The molecule has 82 valence electrons. The highest BCUT2D eigenvalue weighted by Gasteiger charge is 2.07. The highest BCUT2D eigenvalue weighted by molar-refractivity contribution is 6.29. The van der Waals surface area contributed by atoms with E-state index in [4.69, 9.17) is 16.9 Å². The molecule has 0 amide bonds. The average Bonchev–Trinajstić information content (AvgIpc) is 2.31. The minimum absolute atomic E-state index is 0.127.